The van der Waals surface area contributed by atoms with Crippen LogP contribution >= 0.6 is 0 Å². The van der Waals surface area contributed by atoms with Crippen molar-refractivity contribution in [2.24, 2.45) is 0 Å². The average molecular weight is 449 g/mol. The van der Waals surface area contributed by atoms with E-state index in [4.69, 9.17) is 0 Å². The first-order valence-corrected chi connectivity index (χ1v) is 12.3. The molecule has 5 nitrogen and oxygen atoms in total. The highest BCUT2D eigenvalue weighted by atomic mass is 16.2. The fourth-order valence-electron chi connectivity index (χ4n) is 4.55. The Morgan fingerprint density at radius 2 is 1.52 bits per heavy atom. The van der Waals surface area contributed by atoms with Crippen molar-refractivity contribution < 1.29 is 14.4 Å². The van der Waals surface area contributed by atoms with Gasteiger partial charge in [-0.1, -0.05) is 62.7 Å². The summed E-state index contributed by atoms with van der Waals surface area (Å²) in [6, 6.07) is 17.2. The van der Waals surface area contributed by atoms with E-state index in [9.17, 15) is 14.4 Å². The molecule has 0 aromatic heterocycles. The summed E-state index contributed by atoms with van der Waals surface area (Å²) in [7, 11) is 0. The molecule has 1 aliphatic heterocycles. The van der Waals surface area contributed by atoms with Gasteiger partial charge in [0.1, 0.15) is 0 Å². The number of ketones is 1. The topological polar surface area (TPSA) is 57.7 Å². The summed E-state index contributed by atoms with van der Waals surface area (Å²) >= 11 is 0. The van der Waals surface area contributed by atoms with Crippen LogP contribution in [-0.4, -0.2) is 53.1 Å². The predicted molar refractivity (Wildman–Crippen MR) is 131 cm³/mol. The molecule has 0 atom stereocenters. The largest absolute Gasteiger partial charge is 0.340 e. The van der Waals surface area contributed by atoms with Crippen molar-refractivity contribution in [3.8, 4) is 0 Å². The number of rotatable bonds is 10. The number of hydrogen-bond donors (Lipinski definition) is 0. The highest BCUT2D eigenvalue weighted by Gasteiger charge is 2.29. The van der Waals surface area contributed by atoms with Crippen molar-refractivity contribution in [2.75, 3.05) is 19.6 Å². The molecule has 1 aliphatic rings. The number of benzene rings is 2. The molecular formula is C28H36N2O3. The molecule has 2 aromatic carbocycles. The van der Waals surface area contributed by atoms with Crippen LogP contribution < -0.4 is 0 Å². The maximum atomic E-state index is 13.0. The molecule has 1 fully saturated rings. The third kappa shape index (κ3) is 6.77. The predicted octanol–water partition coefficient (Wildman–Crippen LogP) is 5.15. The Morgan fingerprint density at radius 3 is 2.12 bits per heavy atom. The molecule has 1 heterocycles. The number of carbonyl (C=O) groups is 3. The molecule has 0 aliphatic carbocycles. The van der Waals surface area contributed by atoms with Crippen molar-refractivity contribution in [3.05, 3.63) is 71.3 Å². The van der Waals surface area contributed by atoms with Gasteiger partial charge in [-0.2, -0.15) is 0 Å². The maximum absolute atomic E-state index is 13.0. The number of Topliss-reactive ketones (excluding diaryl/α,β-unsaturated/α-hetero) is 1. The zero-order valence-corrected chi connectivity index (χ0v) is 20.0. The fourth-order valence-corrected chi connectivity index (χ4v) is 4.55. The quantitative estimate of drug-likeness (QED) is 0.473. The van der Waals surface area contributed by atoms with Crippen molar-refractivity contribution in [2.45, 2.75) is 64.8 Å². The summed E-state index contributed by atoms with van der Waals surface area (Å²) in [5, 5.41) is 0. The van der Waals surface area contributed by atoms with Crippen molar-refractivity contribution in [3.63, 3.8) is 0 Å². The van der Waals surface area contributed by atoms with Crippen LogP contribution in [-0.2, 0) is 11.2 Å². The number of aryl methyl sites for hydroxylation is 1. The lowest BCUT2D eigenvalue weighted by Gasteiger charge is -2.38. The second-order valence-electron chi connectivity index (χ2n) is 8.85. The van der Waals surface area contributed by atoms with E-state index in [-0.39, 0.29) is 36.5 Å². The fraction of sp³-hybridized carbons (Fsp3) is 0.464. The van der Waals surface area contributed by atoms with Crippen LogP contribution in [0.4, 0.5) is 0 Å². The molecule has 0 saturated carbocycles. The van der Waals surface area contributed by atoms with Gasteiger partial charge in [0.05, 0.1) is 0 Å². The molecule has 5 heteroatoms. The molecule has 0 unspecified atom stereocenters. The second kappa shape index (κ2) is 12.3. The Balaban J connectivity index is 1.52. The van der Waals surface area contributed by atoms with Crippen molar-refractivity contribution in [1.29, 1.82) is 0 Å². The summed E-state index contributed by atoms with van der Waals surface area (Å²) in [5.41, 5.74) is 2.62. The average Bonchev–Trinajstić information content (AvgIpc) is 2.86. The molecule has 2 aromatic rings. The van der Waals surface area contributed by atoms with Gasteiger partial charge in [-0.25, -0.2) is 0 Å². The normalized spacial score (nSPS) is 14.2. The van der Waals surface area contributed by atoms with Crippen LogP contribution in [0.1, 0.15) is 78.7 Å². The number of carbonyl (C=O) groups excluding carboxylic acids is 3. The third-order valence-corrected chi connectivity index (χ3v) is 6.38. The summed E-state index contributed by atoms with van der Waals surface area (Å²) in [4.78, 5) is 42.2. The number of likely N-dealkylation sites (tertiary alicyclic amines) is 1. The lowest BCUT2D eigenvalue weighted by molar-refractivity contribution is -0.134. The third-order valence-electron chi connectivity index (χ3n) is 6.38. The smallest absolute Gasteiger partial charge is 0.253 e. The number of amides is 2. The molecule has 2 amide bonds. The molecule has 0 spiro atoms. The molecule has 0 radical (unpaired) electrons. The minimum atomic E-state index is 0.0196. The Hall–Kier alpha value is -2.95. The minimum absolute atomic E-state index is 0.0196. The number of nitrogens with zero attached hydrogens (tertiary/aromatic N) is 2. The van der Waals surface area contributed by atoms with Gasteiger partial charge >= 0.3 is 0 Å². The van der Waals surface area contributed by atoms with Gasteiger partial charge in [0.15, 0.2) is 5.78 Å². The molecule has 33 heavy (non-hydrogen) atoms. The molecule has 0 N–H and O–H groups in total. The minimum Gasteiger partial charge on any atom is -0.340 e. The van der Waals surface area contributed by atoms with Gasteiger partial charge in [-0.15, -0.1) is 0 Å². The van der Waals surface area contributed by atoms with Gasteiger partial charge in [0.2, 0.25) is 5.91 Å². The van der Waals surface area contributed by atoms with E-state index in [2.05, 4.69) is 13.8 Å². The van der Waals surface area contributed by atoms with E-state index in [1.165, 1.54) is 5.56 Å². The molecule has 176 valence electrons. The van der Waals surface area contributed by atoms with E-state index < -0.39 is 0 Å². The first-order valence-electron chi connectivity index (χ1n) is 12.3. The van der Waals surface area contributed by atoms with E-state index in [0.717, 1.165) is 32.1 Å². The van der Waals surface area contributed by atoms with Crippen LogP contribution in [0.25, 0.3) is 0 Å². The molecular weight excluding hydrogens is 412 g/mol. The Kier molecular flexibility index (Phi) is 9.23. The second-order valence-corrected chi connectivity index (χ2v) is 8.85. The van der Waals surface area contributed by atoms with Crippen LogP contribution in [0.15, 0.2) is 54.6 Å². The van der Waals surface area contributed by atoms with Gasteiger partial charge in [0.25, 0.3) is 5.91 Å². The lowest BCUT2D eigenvalue weighted by atomic mass is 10.00. The summed E-state index contributed by atoms with van der Waals surface area (Å²) in [5.74, 6) is 0.115. The lowest BCUT2D eigenvalue weighted by Crippen LogP contribution is -2.49. The number of piperidine rings is 1. The molecule has 0 bridgehead atoms. The summed E-state index contributed by atoms with van der Waals surface area (Å²) in [6.07, 6.45) is 4.98. The van der Waals surface area contributed by atoms with Gasteiger partial charge < -0.3 is 9.80 Å². The Labute approximate surface area is 197 Å². The zero-order valence-electron chi connectivity index (χ0n) is 20.0. The summed E-state index contributed by atoms with van der Waals surface area (Å²) < 4.78 is 0. The standard InChI is InChI=1S/C28H36N2O3/c1-3-8-22-11-13-23(14-12-22)26(31)15-16-27(32)30(19-4-2)25-17-20-29(21-18-25)28(33)24-9-6-5-7-10-24/h5-7,9-14,25H,3-4,8,15-21H2,1-2H3. The zero-order chi connectivity index (χ0) is 23.6. The van der Waals surface area contributed by atoms with E-state index >= 15 is 0 Å². The van der Waals surface area contributed by atoms with Crippen molar-refractivity contribution in [1.82, 2.24) is 9.80 Å². The Bertz CT molecular complexity index is 916. The first-order chi connectivity index (χ1) is 16.0. The van der Waals surface area contributed by atoms with E-state index in [1.54, 1.807) is 0 Å². The number of hydrogen-bond acceptors (Lipinski definition) is 3. The highest BCUT2D eigenvalue weighted by Crippen LogP contribution is 2.21. The van der Waals surface area contributed by atoms with E-state index in [0.29, 0.717) is 30.8 Å². The molecule has 1 saturated heterocycles. The van der Waals surface area contributed by atoms with Crippen LogP contribution in [0.3, 0.4) is 0 Å². The summed E-state index contributed by atoms with van der Waals surface area (Å²) in [6.45, 7) is 6.19. The highest BCUT2D eigenvalue weighted by molar-refractivity contribution is 5.98. The van der Waals surface area contributed by atoms with Crippen LogP contribution in [0.5, 0.6) is 0 Å². The van der Waals surface area contributed by atoms with Crippen LogP contribution in [0.2, 0.25) is 0 Å². The van der Waals surface area contributed by atoms with Gasteiger partial charge in [-0.3, -0.25) is 14.4 Å². The SMILES string of the molecule is CCCc1ccc(C(=O)CCC(=O)N(CCC)C2CCN(C(=O)c3ccccc3)CC2)cc1. The monoisotopic (exact) mass is 448 g/mol. The van der Waals surface area contributed by atoms with Gasteiger partial charge in [-0.05, 0) is 43.4 Å². The first kappa shape index (κ1) is 24.7. The Morgan fingerprint density at radius 1 is 0.848 bits per heavy atom. The van der Waals surface area contributed by atoms with Crippen molar-refractivity contribution >= 4 is 17.6 Å². The molecule has 3 rings (SSSR count). The van der Waals surface area contributed by atoms with Crippen LogP contribution in [0, 0.1) is 0 Å². The van der Waals surface area contributed by atoms with E-state index in [1.807, 2.05) is 64.4 Å². The van der Waals surface area contributed by atoms with Gasteiger partial charge in [0, 0.05) is 49.6 Å². The maximum Gasteiger partial charge on any atom is 0.253 e.